The summed E-state index contributed by atoms with van der Waals surface area (Å²) in [4.78, 5) is 61.2. The van der Waals surface area contributed by atoms with E-state index in [1.54, 1.807) is 0 Å². The lowest BCUT2D eigenvalue weighted by Gasteiger charge is -2.35. The second kappa shape index (κ2) is 10.1. The van der Waals surface area contributed by atoms with Gasteiger partial charge in [-0.3, -0.25) is 19.2 Å². The first-order chi connectivity index (χ1) is 14.2. The minimum Gasteiger partial charge on any atom is -0.453 e. The fraction of sp³-hybridized carbons (Fsp3) is 0.762. The van der Waals surface area contributed by atoms with Gasteiger partial charge >= 0.3 is 23.7 Å². The molecule has 2 heterocycles. The molecule has 4 unspecified atom stereocenters. The molecule has 0 saturated carbocycles. The summed E-state index contributed by atoms with van der Waals surface area (Å²) < 4.78 is 15.4. The molecule has 0 aromatic heterocycles. The molecule has 0 aromatic carbocycles. The Hall–Kier alpha value is -2.29. The maximum absolute atomic E-state index is 12.6. The van der Waals surface area contributed by atoms with Gasteiger partial charge in [-0.15, -0.1) is 0 Å². The highest BCUT2D eigenvalue weighted by molar-refractivity contribution is 6.07. The van der Waals surface area contributed by atoms with Crippen LogP contribution in [0.1, 0.15) is 78.1 Å². The topological polar surface area (TPSA) is 133 Å². The number of aldehydes is 1. The number of aliphatic hydroxyl groups is 1. The third kappa shape index (κ3) is 5.06. The van der Waals surface area contributed by atoms with Crippen LogP contribution in [-0.4, -0.2) is 52.6 Å². The van der Waals surface area contributed by atoms with Crippen molar-refractivity contribution in [1.82, 2.24) is 0 Å². The molecule has 30 heavy (non-hydrogen) atoms. The minimum absolute atomic E-state index is 0.0692. The molecule has 2 rings (SSSR count). The Morgan fingerprint density at radius 3 is 2.23 bits per heavy atom. The summed E-state index contributed by atoms with van der Waals surface area (Å²) in [6.07, 6.45) is 5.88. The zero-order chi connectivity index (χ0) is 22.4. The number of ether oxygens (including phenoxy) is 3. The van der Waals surface area contributed by atoms with E-state index in [9.17, 15) is 29.1 Å². The minimum atomic E-state index is -2.78. The van der Waals surface area contributed by atoms with Gasteiger partial charge < -0.3 is 19.3 Å². The van der Waals surface area contributed by atoms with E-state index in [1.165, 1.54) is 12.8 Å². The van der Waals surface area contributed by atoms with Crippen LogP contribution in [0, 0.1) is 5.92 Å². The zero-order valence-electron chi connectivity index (χ0n) is 17.5. The molecule has 2 fully saturated rings. The van der Waals surface area contributed by atoms with Crippen LogP contribution in [-0.2, 0) is 38.2 Å². The summed E-state index contributed by atoms with van der Waals surface area (Å²) in [6, 6.07) is 0. The lowest BCUT2D eigenvalue weighted by molar-refractivity contribution is -0.254. The van der Waals surface area contributed by atoms with Crippen molar-refractivity contribution in [1.29, 1.82) is 0 Å². The van der Waals surface area contributed by atoms with Crippen LogP contribution in [0.2, 0.25) is 0 Å². The summed E-state index contributed by atoms with van der Waals surface area (Å²) >= 11 is 0. The smallest absolute Gasteiger partial charge is 0.350 e. The molecule has 0 amide bonds. The first kappa shape index (κ1) is 24.0. The van der Waals surface area contributed by atoms with Crippen molar-refractivity contribution >= 4 is 30.0 Å². The van der Waals surface area contributed by atoms with Gasteiger partial charge in [-0.2, -0.15) is 0 Å². The monoisotopic (exact) mass is 426 g/mol. The van der Waals surface area contributed by atoms with Crippen molar-refractivity contribution in [3.63, 3.8) is 0 Å². The van der Waals surface area contributed by atoms with Gasteiger partial charge in [0.15, 0.2) is 17.6 Å². The fourth-order valence-electron chi connectivity index (χ4n) is 3.94. The predicted molar refractivity (Wildman–Crippen MR) is 102 cm³/mol. The van der Waals surface area contributed by atoms with Crippen LogP contribution in [0.4, 0.5) is 0 Å². The van der Waals surface area contributed by atoms with Gasteiger partial charge in [-0.25, -0.2) is 4.79 Å². The molecule has 4 atom stereocenters. The van der Waals surface area contributed by atoms with E-state index in [0.29, 0.717) is 6.42 Å². The third-order valence-corrected chi connectivity index (χ3v) is 5.61. The molecule has 2 bridgehead atoms. The number of fused-ring (bicyclic) bond motifs is 3. The molecule has 0 aliphatic carbocycles. The number of hydrogen-bond donors (Lipinski definition) is 1. The van der Waals surface area contributed by atoms with Gasteiger partial charge in [-0.1, -0.05) is 51.9 Å². The number of Topliss-reactive ketones (excluding diaryl/α,β-unsaturated/α-hetero) is 1. The van der Waals surface area contributed by atoms with Crippen LogP contribution >= 0.6 is 0 Å². The van der Waals surface area contributed by atoms with Crippen molar-refractivity contribution in [2.45, 2.75) is 95.5 Å². The van der Waals surface area contributed by atoms with Gasteiger partial charge in [0.2, 0.25) is 6.29 Å². The van der Waals surface area contributed by atoms with E-state index in [0.717, 1.165) is 39.0 Å². The molecule has 2 aliphatic rings. The highest BCUT2D eigenvalue weighted by Gasteiger charge is 2.65. The number of carbonyl (C=O) groups is 5. The van der Waals surface area contributed by atoms with Crippen molar-refractivity contribution in [2.24, 2.45) is 5.92 Å². The zero-order valence-corrected chi connectivity index (χ0v) is 17.5. The first-order valence-electron chi connectivity index (χ1n) is 10.5. The van der Waals surface area contributed by atoms with Gasteiger partial charge in [0, 0.05) is 0 Å². The number of cyclic esters (lactones) is 1. The fourth-order valence-corrected chi connectivity index (χ4v) is 3.94. The van der Waals surface area contributed by atoms with E-state index in [2.05, 4.69) is 6.92 Å². The number of ketones is 1. The van der Waals surface area contributed by atoms with Crippen molar-refractivity contribution in [2.75, 3.05) is 0 Å². The molecular weight excluding hydrogens is 396 g/mol. The van der Waals surface area contributed by atoms with Crippen LogP contribution in [0.5, 0.6) is 0 Å². The number of rotatable bonds is 11. The van der Waals surface area contributed by atoms with Crippen LogP contribution in [0.15, 0.2) is 0 Å². The van der Waals surface area contributed by atoms with Crippen LogP contribution in [0.3, 0.4) is 0 Å². The second-order valence-corrected chi connectivity index (χ2v) is 8.04. The second-order valence-electron chi connectivity index (χ2n) is 8.04. The Morgan fingerprint density at radius 1 is 1.07 bits per heavy atom. The average Bonchev–Trinajstić information content (AvgIpc) is 2.72. The molecule has 9 nitrogen and oxygen atoms in total. The van der Waals surface area contributed by atoms with E-state index in [1.807, 2.05) is 0 Å². The maximum Gasteiger partial charge on any atom is 0.350 e. The molecule has 0 aromatic rings. The number of esters is 3. The molecule has 168 valence electrons. The summed E-state index contributed by atoms with van der Waals surface area (Å²) in [7, 11) is 0. The van der Waals surface area contributed by atoms with Crippen LogP contribution < -0.4 is 0 Å². The van der Waals surface area contributed by atoms with E-state index >= 15 is 0 Å². The van der Waals surface area contributed by atoms with Crippen molar-refractivity contribution in [3.05, 3.63) is 0 Å². The Kier molecular flexibility index (Phi) is 8.11. The summed E-state index contributed by atoms with van der Waals surface area (Å²) in [6.45, 7) is 3.12. The quantitative estimate of drug-likeness (QED) is 0.227. The van der Waals surface area contributed by atoms with Crippen LogP contribution in [0.25, 0.3) is 0 Å². The molecule has 0 spiro atoms. The van der Waals surface area contributed by atoms with Gasteiger partial charge in [-0.05, 0) is 19.8 Å². The largest absolute Gasteiger partial charge is 0.453 e. The summed E-state index contributed by atoms with van der Waals surface area (Å²) in [5, 5.41) is 10.7. The Labute approximate surface area is 175 Å². The van der Waals surface area contributed by atoms with Crippen molar-refractivity contribution < 1.29 is 43.3 Å². The Bertz CT molecular complexity index is 688. The van der Waals surface area contributed by atoms with E-state index in [-0.39, 0.29) is 12.7 Å². The third-order valence-electron chi connectivity index (χ3n) is 5.61. The number of carbonyl (C=O) groups excluding carboxylic acids is 5. The number of hydrogen-bond acceptors (Lipinski definition) is 9. The lowest BCUT2D eigenvalue weighted by atomic mass is 9.82. The highest BCUT2D eigenvalue weighted by atomic mass is 16.8. The van der Waals surface area contributed by atoms with Gasteiger partial charge in [0.25, 0.3) is 0 Å². The molecule has 2 aliphatic heterocycles. The Balaban J connectivity index is 2.14. The van der Waals surface area contributed by atoms with Gasteiger partial charge in [0.1, 0.15) is 5.78 Å². The predicted octanol–water partition coefficient (Wildman–Crippen LogP) is 1.76. The number of unbranched alkanes of at least 4 members (excludes halogenated alkanes) is 7. The van der Waals surface area contributed by atoms with E-state index < -0.39 is 53.5 Å². The Morgan fingerprint density at radius 2 is 1.67 bits per heavy atom. The summed E-state index contributed by atoms with van der Waals surface area (Å²) in [5.41, 5.74) is -2.78. The van der Waals surface area contributed by atoms with Crippen molar-refractivity contribution in [3.8, 4) is 0 Å². The standard InChI is InChI=1S/C21H30O9/c1-3-4-5-6-7-8-9-10-11-15-21(13-22)29-18(25)17(14(2)23)20(27,19(26)30-21)12-16(24)28-15/h13,15,17,27H,3-12H2,1-2H3. The highest BCUT2D eigenvalue weighted by Crippen LogP contribution is 2.39. The molecular formula is C21H30O9. The molecule has 2 saturated heterocycles. The molecule has 9 heteroatoms. The maximum atomic E-state index is 12.6. The first-order valence-corrected chi connectivity index (χ1v) is 10.5. The van der Waals surface area contributed by atoms with E-state index in [4.69, 9.17) is 14.2 Å². The lowest BCUT2D eigenvalue weighted by Crippen LogP contribution is -2.57. The normalized spacial score (nSPS) is 31.1. The van der Waals surface area contributed by atoms with Gasteiger partial charge in [0.05, 0.1) is 6.42 Å². The molecule has 1 N–H and O–H groups in total. The molecule has 0 radical (unpaired) electrons. The summed E-state index contributed by atoms with van der Waals surface area (Å²) in [5.74, 6) is -9.16. The SMILES string of the molecule is CCCCCCCCCCC1OC(=O)CC2(O)C(=O)OC1(C=O)OC(=O)C2C(C)=O. The average molecular weight is 426 g/mol.